The van der Waals surface area contributed by atoms with Crippen LogP contribution in [0.3, 0.4) is 0 Å². The third-order valence-corrected chi connectivity index (χ3v) is 2.87. The standard InChI is InChI=1S/C14H19N3/c1-14(2,3)17-10-16-9-13(17)12-7-5-4-6-11(12)8-15/h4-7,9-10H,8,15H2,1-3H3. The van der Waals surface area contributed by atoms with Gasteiger partial charge in [-0.15, -0.1) is 0 Å². The Morgan fingerprint density at radius 2 is 1.94 bits per heavy atom. The van der Waals surface area contributed by atoms with Crippen LogP contribution in [0.25, 0.3) is 11.3 Å². The summed E-state index contributed by atoms with van der Waals surface area (Å²) in [5.74, 6) is 0. The molecule has 1 heterocycles. The molecule has 0 aliphatic rings. The maximum absolute atomic E-state index is 5.79. The summed E-state index contributed by atoms with van der Waals surface area (Å²) in [6.45, 7) is 7.06. The van der Waals surface area contributed by atoms with E-state index in [2.05, 4.69) is 42.5 Å². The first kappa shape index (κ1) is 11.9. The van der Waals surface area contributed by atoms with Crippen molar-refractivity contribution >= 4 is 0 Å². The van der Waals surface area contributed by atoms with Gasteiger partial charge in [-0.3, -0.25) is 0 Å². The number of aromatic nitrogens is 2. The SMILES string of the molecule is CC(C)(C)n1cncc1-c1ccccc1CN. The molecule has 0 saturated carbocycles. The second-order valence-electron chi connectivity index (χ2n) is 5.18. The van der Waals surface area contributed by atoms with Gasteiger partial charge in [0.25, 0.3) is 0 Å². The summed E-state index contributed by atoms with van der Waals surface area (Å²) >= 11 is 0. The molecule has 1 aromatic heterocycles. The Labute approximate surface area is 102 Å². The maximum Gasteiger partial charge on any atom is 0.0955 e. The van der Waals surface area contributed by atoms with Crippen LogP contribution in [0.1, 0.15) is 26.3 Å². The van der Waals surface area contributed by atoms with Crippen molar-refractivity contribution in [3.63, 3.8) is 0 Å². The molecule has 0 amide bonds. The zero-order chi connectivity index (χ0) is 12.5. The summed E-state index contributed by atoms with van der Waals surface area (Å²) in [5, 5.41) is 0. The van der Waals surface area contributed by atoms with E-state index in [0.29, 0.717) is 6.54 Å². The van der Waals surface area contributed by atoms with Crippen molar-refractivity contribution in [2.75, 3.05) is 0 Å². The van der Waals surface area contributed by atoms with Gasteiger partial charge in [-0.2, -0.15) is 0 Å². The number of benzene rings is 1. The normalized spacial score (nSPS) is 11.8. The molecule has 0 atom stereocenters. The van der Waals surface area contributed by atoms with Crippen molar-refractivity contribution in [2.45, 2.75) is 32.9 Å². The first-order valence-electron chi connectivity index (χ1n) is 5.85. The lowest BCUT2D eigenvalue weighted by atomic mass is 10.0. The van der Waals surface area contributed by atoms with Gasteiger partial charge in [-0.05, 0) is 26.3 Å². The molecular weight excluding hydrogens is 210 g/mol. The van der Waals surface area contributed by atoms with Crippen LogP contribution in [0.5, 0.6) is 0 Å². The Hall–Kier alpha value is -1.61. The minimum Gasteiger partial charge on any atom is -0.326 e. The van der Waals surface area contributed by atoms with Gasteiger partial charge < -0.3 is 10.3 Å². The lowest BCUT2D eigenvalue weighted by Crippen LogP contribution is -2.22. The minimum absolute atomic E-state index is 0.0214. The molecular formula is C14H19N3. The predicted molar refractivity (Wildman–Crippen MR) is 70.6 cm³/mol. The van der Waals surface area contributed by atoms with E-state index in [1.165, 1.54) is 5.56 Å². The van der Waals surface area contributed by atoms with Crippen molar-refractivity contribution in [3.8, 4) is 11.3 Å². The summed E-state index contributed by atoms with van der Waals surface area (Å²) in [7, 11) is 0. The van der Waals surface area contributed by atoms with Crippen molar-refractivity contribution in [2.24, 2.45) is 5.73 Å². The Morgan fingerprint density at radius 1 is 1.24 bits per heavy atom. The van der Waals surface area contributed by atoms with Crippen LogP contribution >= 0.6 is 0 Å². The van der Waals surface area contributed by atoms with Crippen LogP contribution in [0.2, 0.25) is 0 Å². The molecule has 3 nitrogen and oxygen atoms in total. The molecule has 17 heavy (non-hydrogen) atoms. The molecule has 0 aliphatic heterocycles. The van der Waals surface area contributed by atoms with E-state index in [9.17, 15) is 0 Å². The average molecular weight is 229 g/mol. The van der Waals surface area contributed by atoms with Gasteiger partial charge in [-0.1, -0.05) is 24.3 Å². The zero-order valence-electron chi connectivity index (χ0n) is 10.6. The Bertz CT molecular complexity index is 506. The first-order valence-corrected chi connectivity index (χ1v) is 5.85. The Balaban J connectivity index is 2.58. The molecule has 0 aliphatic carbocycles. The van der Waals surface area contributed by atoms with Crippen LogP contribution in [-0.2, 0) is 12.1 Å². The van der Waals surface area contributed by atoms with Crippen LogP contribution in [0.4, 0.5) is 0 Å². The summed E-state index contributed by atoms with van der Waals surface area (Å²) in [6, 6.07) is 8.22. The fourth-order valence-corrected chi connectivity index (χ4v) is 1.98. The van der Waals surface area contributed by atoms with Crippen molar-refractivity contribution in [3.05, 3.63) is 42.4 Å². The van der Waals surface area contributed by atoms with E-state index in [-0.39, 0.29) is 5.54 Å². The average Bonchev–Trinajstić information content (AvgIpc) is 2.77. The summed E-state index contributed by atoms with van der Waals surface area (Å²) in [6.07, 6.45) is 3.78. The number of nitrogens with two attached hydrogens (primary N) is 1. The highest BCUT2D eigenvalue weighted by atomic mass is 15.1. The van der Waals surface area contributed by atoms with Crippen molar-refractivity contribution in [1.82, 2.24) is 9.55 Å². The summed E-state index contributed by atoms with van der Waals surface area (Å²) < 4.78 is 2.18. The van der Waals surface area contributed by atoms with Gasteiger partial charge in [0, 0.05) is 17.6 Å². The quantitative estimate of drug-likeness (QED) is 0.860. The van der Waals surface area contributed by atoms with E-state index < -0.39 is 0 Å². The third-order valence-electron chi connectivity index (χ3n) is 2.87. The second kappa shape index (κ2) is 4.34. The highest BCUT2D eigenvalue weighted by Crippen LogP contribution is 2.27. The maximum atomic E-state index is 5.79. The predicted octanol–water partition coefficient (Wildman–Crippen LogP) is 2.76. The van der Waals surface area contributed by atoms with Gasteiger partial charge in [0.2, 0.25) is 0 Å². The van der Waals surface area contributed by atoms with E-state index in [0.717, 1.165) is 11.3 Å². The Kier molecular flexibility index (Phi) is 3.03. The molecule has 0 spiro atoms. The van der Waals surface area contributed by atoms with E-state index in [1.54, 1.807) is 0 Å². The van der Waals surface area contributed by atoms with Gasteiger partial charge in [0.1, 0.15) is 0 Å². The molecule has 1 aromatic carbocycles. The van der Waals surface area contributed by atoms with Gasteiger partial charge in [0.05, 0.1) is 18.2 Å². The van der Waals surface area contributed by atoms with Crippen LogP contribution < -0.4 is 5.73 Å². The highest BCUT2D eigenvalue weighted by molar-refractivity contribution is 5.63. The number of nitrogens with zero attached hydrogens (tertiary/aromatic N) is 2. The zero-order valence-corrected chi connectivity index (χ0v) is 10.6. The summed E-state index contributed by atoms with van der Waals surface area (Å²) in [5.41, 5.74) is 9.25. The van der Waals surface area contributed by atoms with E-state index >= 15 is 0 Å². The molecule has 0 radical (unpaired) electrons. The minimum atomic E-state index is 0.0214. The van der Waals surface area contributed by atoms with Crippen LogP contribution in [0, 0.1) is 0 Å². The number of imidazole rings is 1. The van der Waals surface area contributed by atoms with E-state index in [1.807, 2.05) is 24.7 Å². The number of hydrogen-bond donors (Lipinski definition) is 1. The Morgan fingerprint density at radius 3 is 2.59 bits per heavy atom. The molecule has 2 aromatic rings. The molecule has 0 fully saturated rings. The topological polar surface area (TPSA) is 43.8 Å². The lowest BCUT2D eigenvalue weighted by Gasteiger charge is -2.24. The molecule has 2 N–H and O–H groups in total. The fourth-order valence-electron chi connectivity index (χ4n) is 1.98. The number of rotatable bonds is 2. The monoisotopic (exact) mass is 229 g/mol. The molecule has 0 bridgehead atoms. The first-order chi connectivity index (χ1) is 8.04. The fraction of sp³-hybridized carbons (Fsp3) is 0.357. The molecule has 2 rings (SSSR count). The molecule has 90 valence electrons. The van der Waals surface area contributed by atoms with Crippen molar-refractivity contribution in [1.29, 1.82) is 0 Å². The third kappa shape index (κ3) is 2.24. The molecule has 0 saturated heterocycles. The van der Waals surface area contributed by atoms with E-state index in [4.69, 9.17) is 5.73 Å². The highest BCUT2D eigenvalue weighted by Gasteiger charge is 2.18. The lowest BCUT2D eigenvalue weighted by molar-refractivity contribution is 0.400. The van der Waals surface area contributed by atoms with Crippen molar-refractivity contribution < 1.29 is 0 Å². The second-order valence-corrected chi connectivity index (χ2v) is 5.18. The van der Waals surface area contributed by atoms with Crippen LogP contribution in [-0.4, -0.2) is 9.55 Å². The van der Waals surface area contributed by atoms with Gasteiger partial charge in [-0.25, -0.2) is 4.98 Å². The summed E-state index contributed by atoms with van der Waals surface area (Å²) in [4.78, 5) is 4.26. The largest absolute Gasteiger partial charge is 0.326 e. The molecule has 3 heteroatoms. The number of hydrogen-bond acceptors (Lipinski definition) is 2. The van der Waals surface area contributed by atoms with Crippen LogP contribution in [0.15, 0.2) is 36.8 Å². The van der Waals surface area contributed by atoms with Gasteiger partial charge >= 0.3 is 0 Å². The molecule has 0 unspecified atom stereocenters. The smallest absolute Gasteiger partial charge is 0.0955 e. The van der Waals surface area contributed by atoms with Gasteiger partial charge in [0.15, 0.2) is 0 Å².